The van der Waals surface area contributed by atoms with E-state index in [2.05, 4.69) is 0 Å². The van der Waals surface area contributed by atoms with Crippen molar-refractivity contribution in [1.29, 1.82) is 0 Å². The summed E-state index contributed by atoms with van der Waals surface area (Å²) in [5.74, 6) is -0.517. The van der Waals surface area contributed by atoms with Crippen LogP contribution in [0.5, 0.6) is 5.88 Å². The number of fused-ring (bicyclic) bond motifs is 1. The molecule has 0 aliphatic heterocycles. The summed E-state index contributed by atoms with van der Waals surface area (Å²) in [7, 11) is 0. The number of halogens is 3. The van der Waals surface area contributed by atoms with Crippen LogP contribution < -0.4 is 15.2 Å². The van der Waals surface area contributed by atoms with Gasteiger partial charge in [-0.2, -0.15) is 17.6 Å². The number of hydrogen-bond acceptors (Lipinski definition) is 2. The normalized spacial score (nSPS) is 12.0. The van der Waals surface area contributed by atoms with E-state index in [1.807, 2.05) is 42.5 Å². The second-order valence-corrected chi connectivity index (χ2v) is 7.32. The highest BCUT2D eigenvalue weighted by atomic mass is 19.4. The first kappa shape index (κ1) is 21.4. The number of hydrogen-bond donors (Lipinski definition) is 0. The zero-order valence-electron chi connectivity index (χ0n) is 16.9. The molecular formula is C25H19F3N2O2. The van der Waals surface area contributed by atoms with Crippen molar-refractivity contribution in [1.82, 2.24) is 4.40 Å². The molecule has 0 aliphatic rings. The standard InChI is InChI=1S/C25H19F3N2O2/c26-25(27,28)20-12-6-10-19(16-20)17-21-23(31)29-14-5-4-13-22(29)30(24(21)32)15-7-11-18-8-2-1-3-9-18/h1-14,16H,15,17H2. The number of allylic oxidation sites excluding steroid dienone is 1. The summed E-state index contributed by atoms with van der Waals surface area (Å²) in [6.45, 7) is 0.205. The highest BCUT2D eigenvalue weighted by molar-refractivity contribution is 5.48. The van der Waals surface area contributed by atoms with Gasteiger partial charge in [-0.05, 0) is 29.3 Å². The molecule has 2 heterocycles. The first-order valence-corrected chi connectivity index (χ1v) is 9.95. The molecule has 0 fully saturated rings. The highest BCUT2D eigenvalue weighted by Crippen LogP contribution is 2.30. The molecule has 0 saturated heterocycles. The third-order valence-corrected chi connectivity index (χ3v) is 5.13. The Hall–Kier alpha value is -3.87. The van der Waals surface area contributed by atoms with Gasteiger partial charge in [0.2, 0.25) is 0 Å². The first-order valence-electron chi connectivity index (χ1n) is 9.95. The third kappa shape index (κ3) is 4.42. The SMILES string of the molecule is O=c1c(Cc2cccc(C(F)(F)F)c2)c([O-])[n+](CC=Cc2ccccc2)c2ccccn12. The van der Waals surface area contributed by atoms with Gasteiger partial charge in [-0.3, -0.25) is 0 Å². The molecule has 0 radical (unpaired) electrons. The van der Waals surface area contributed by atoms with Crippen LogP contribution in [0.2, 0.25) is 0 Å². The quantitative estimate of drug-likeness (QED) is 0.445. The van der Waals surface area contributed by atoms with E-state index in [0.717, 1.165) is 17.7 Å². The van der Waals surface area contributed by atoms with Gasteiger partial charge in [0.1, 0.15) is 6.54 Å². The average Bonchev–Trinajstić information content (AvgIpc) is 2.79. The fourth-order valence-electron chi connectivity index (χ4n) is 3.58. The summed E-state index contributed by atoms with van der Waals surface area (Å²) < 4.78 is 42.0. The molecule has 0 unspecified atom stereocenters. The van der Waals surface area contributed by atoms with Crippen molar-refractivity contribution in [2.45, 2.75) is 19.1 Å². The fourth-order valence-corrected chi connectivity index (χ4v) is 3.58. The van der Waals surface area contributed by atoms with E-state index in [1.54, 1.807) is 24.4 Å². The lowest BCUT2D eigenvalue weighted by Gasteiger charge is -2.16. The minimum absolute atomic E-state index is 0.0823. The van der Waals surface area contributed by atoms with Gasteiger partial charge in [0.25, 0.3) is 5.65 Å². The zero-order valence-corrected chi connectivity index (χ0v) is 16.9. The summed E-state index contributed by atoms with van der Waals surface area (Å²) in [5.41, 5.74) is 0.181. The van der Waals surface area contributed by atoms with Gasteiger partial charge in [-0.1, -0.05) is 60.7 Å². The van der Waals surface area contributed by atoms with E-state index in [-0.39, 0.29) is 24.1 Å². The van der Waals surface area contributed by atoms with Crippen LogP contribution >= 0.6 is 0 Å². The Bertz CT molecular complexity index is 1340. The Morgan fingerprint density at radius 1 is 0.969 bits per heavy atom. The summed E-state index contributed by atoms with van der Waals surface area (Å²) in [5, 5.41) is 13.2. The van der Waals surface area contributed by atoms with Crippen molar-refractivity contribution >= 4 is 11.7 Å². The van der Waals surface area contributed by atoms with Gasteiger partial charge in [-0.25, -0.2) is 9.36 Å². The molecular weight excluding hydrogens is 417 g/mol. The number of pyridine rings is 1. The molecule has 0 spiro atoms. The van der Waals surface area contributed by atoms with Gasteiger partial charge in [0.15, 0.2) is 0 Å². The Morgan fingerprint density at radius 3 is 2.47 bits per heavy atom. The summed E-state index contributed by atoms with van der Waals surface area (Å²) in [4.78, 5) is 13.0. The van der Waals surface area contributed by atoms with Crippen LogP contribution in [0.25, 0.3) is 11.7 Å². The first-order chi connectivity index (χ1) is 15.3. The molecule has 4 aromatic rings. The Morgan fingerprint density at radius 2 is 1.72 bits per heavy atom. The van der Waals surface area contributed by atoms with Crippen LogP contribution in [0.4, 0.5) is 13.2 Å². The van der Waals surface area contributed by atoms with Crippen molar-refractivity contribution in [2.24, 2.45) is 0 Å². The largest absolute Gasteiger partial charge is 0.842 e. The molecule has 0 aliphatic carbocycles. The predicted octanol–water partition coefficient (Wildman–Crippen LogP) is 3.98. The smallest absolute Gasteiger partial charge is 0.416 e. The minimum Gasteiger partial charge on any atom is -0.842 e. The van der Waals surface area contributed by atoms with Crippen LogP contribution in [-0.4, -0.2) is 4.40 Å². The number of nitrogens with zero attached hydrogens (tertiary/aromatic N) is 2. The number of benzene rings is 2. The zero-order chi connectivity index (χ0) is 22.7. The highest BCUT2D eigenvalue weighted by Gasteiger charge is 2.30. The average molecular weight is 436 g/mol. The number of rotatable bonds is 5. The number of aromatic nitrogens is 2. The number of alkyl halides is 3. The molecule has 4 rings (SSSR count). The van der Waals surface area contributed by atoms with Gasteiger partial charge in [-0.15, -0.1) is 0 Å². The van der Waals surface area contributed by atoms with Crippen molar-refractivity contribution in [3.05, 3.63) is 118 Å². The van der Waals surface area contributed by atoms with Gasteiger partial charge in [0.05, 0.1) is 23.2 Å². The maximum atomic E-state index is 13.2. The molecule has 0 amide bonds. The van der Waals surface area contributed by atoms with Gasteiger partial charge in [0, 0.05) is 12.5 Å². The van der Waals surface area contributed by atoms with E-state index in [0.29, 0.717) is 5.65 Å². The van der Waals surface area contributed by atoms with Crippen LogP contribution in [-0.2, 0) is 19.1 Å². The van der Waals surface area contributed by atoms with E-state index < -0.39 is 23.2 Å². The van der Waals surface area contributed by atoms with Crippen molar-refractivity contribution in [3.8, 4) is 5.88 Å². The van der Waals surface area contributed by atoms with E-state index in [4.69, 9.17) is 0 Å². The van der Waals surface area contributed by atoms with Crippen LogP contribution in [0, 0.1) is 0 Å². The van der Waals surface area contributed by atoms with Crippen molar-refractivity contribution in [3.63, 3.8) is 0 Å². The van der Waals surface area contributed by atoms with E-state index in [9.17, 15) is 23.1 Å². The maximum absolute atomic E-state index is 13.2. The summed E-state index contributed by atoms with van der Waals surface area (Å²) in [6, 6.07) is 19.3. The second kappa shape index (κ2) is 8.70. The topological polar surface area (TPSA) is 48.4 Å². The lowest BCUT2D eigenvalue weighted by molar-refractivity contribution is -0.708. The molecule has 7 heteroatoms. The van der Waals surface area contributed by atoms with Crippen LogP contribution in [0.3, 0.4) is 0 Å². The molecule has 4 nitrogen and oxygen atoms in total. The molecule has 162 valence electrons. The molecule has 0 N–H and O–H groups in total. The molecule has 0 atom stereocenters. The van der Waals surface area contributed by atoms with Crippen molar-refractivity contribution < 1.29 is 22.8 Å². The lowest BCUT2D eigenvalue weighted by Crippen LogP contribution is -2.44. The lowest BCUT2D eigenvalue weighted by atomic mass is 10.0. The Kier molecular flexibility index (Phi) is 5.81. The van der Waals surface area contributed by atoms with Gasteiger partial charge < -0.3 is 5.11 Å². The minimum atomic E-state index is -4.50. The monoisotopic (exact) mass is 436 g/mol. The fraction of sp³-hybridized carbons (Fsp3) is 0.120. The van der Waals surface area contributed by atoms with Crippen LogP contribution in [0.15, 0.2) is 89.9 Å². The molecule has 0 bridgehead atoms. The van der Waals surface area contributed by atoms with Crippen LogP contribution in [0.1, 0.15) is 22.3 Å². The molecule has 2 aromatic heterocycles. The van der Waals surface area contributed by atoms with Gasteiger partial charge >= 0.3 is 11.7 Å². The Balaban J connectivity index is 1.77. The van der Waals surface area contributed by atoms with Crippen molar-refractivity contribution in [2.75, 3.05) is 0 Å². The third-order valence-electron chi connectivity index (χ3n) is 5.13. The predicted molar refractivity (Wildman–Crippen MR) is 113 cm³/mol. The Labute approximate surface area is 182 Å². The summed E-state index contributed by atoms with van der Waals surface area (Å²) >= 11 is 0. The van der Waals surface area contributed by atoms with E-state index >= 15 is 0 Å². The maximum Gasteiger partial charge on any atom is 0.416 e. The second-order valence-electron chi connectivity index (χ2n) is 7.32. The molecule has 2 aromatic carbocycles. The molecule has 0 saturated carbocycles. The molecule has 32 heavy (non-hydrogen) atoms. The summed E-state index contributed by atoms with van der Waals surface area (Å²) in [6.07, 6.45) is 0.522. The van der Waals surface area contributed by atoms with E-state index in [1.165, 1.54) is 21.1 Å².